The second-order valence-corrected chi connectivity index (χ2v) is 9.72. The number of nitrogens with one attached hydrogen (secondary N) is 3. The molecule has 6 heterocycles. The summed E-state index contributed by atoms with van der Waals surface area (Å²) in [6, 6.07) is 9.98. The van der Waals surface area contributed by atoms with Gasteiger partial charge in [0.05, 0.1) is 34.3 Å². The Morgan fingerprint density at radius 1 is 1.03 bits per heavy atom. The average Bonchev–Trinajstić information content (AvgIpc) is 3.55. The fourth-order valence-corrected chi connectivity index (χ4v) is 5.01. The first-order valence-corrected chi connectivity index (χ1v) is 12.6. The molecular weight excluding hydrogens is 452 g/mol. The predicted octanol–water partition coefficient (Wildman–Crippen LogP) is 4.90. The first-order valence-electron chi connectivity index (χ1n) is 12.6. The lowest BCUT2D eigenvalue weighted by molar-refractivity contribution is -0.117. The third kappa shape index (κ3) is 3.77. The topological polar surface area (TPSA) is 115 Å². The van der Waals surface area contributed by atoms with E-state index in [-0.39, 0.29) is 11.8 Å². The highest BCUT2D eigenvalue weighted by molar-refractivity contribution is 5.98. The van der Waals surface area contributed by atoms with Gasteiger partial charge in [0.2, 0.25) is 5.91 Å². The van der Waals surface area contributed by atoms with Crippen LogP contribution in [0.2, 0.25) is 0 Å². The fourth-order valence-electron chi connectivity index (χ4n) is 5.01. The second-order valence-electron chi connectivity index (χ2n) is 9.72. The Labute approximate surface area is 207 Å². The Bertz CT molecular complexity index is 1590. The third-order valence-corrected chi connectivity index (χ3v) is 7.10. The van der Waals surface area contributed by atoms with Gasteiger partial charge in [0.25, 0.3) is 0 Å². The fraction of sp³-hybridized carbons (Fsp3) is 0.296. The van der Waals surface area contributed by atoms with Crippen LogP contribution in [0.4, 0.5) is 11.5 Å². The van der Waals surface area contributed by atoms with Crippen molar-refractivity contribution in [2.24, 2.45) is 5.92 Å². The van der Waals surface area contributed by atoms with E-state index >= 15 is 0 Å². The molecule has 0 radical (unpaired) electrons. The van der Waals surface area contributed by atoms with E-state index in [4.69, 9.17) is 9.97 Å². The van der Waals surface area contributed by atoms with Crippen LogP contribution in [0.3, 0.4) is 0 Å². The number of carbonyl (C=O) groups is 1. The van der Waals surface area contributed by atoms with E-state index in [1.165, 1.54) is 19.3 Å². The van der Waals surface area contributed by atoms with Crippen molar-refractivity contribution in [3.63, 3.8) is 0 Å². The van der Waals surface area contributed by atoms with E-state index in [0.29, 0.717) is 5.69 Å². The SMILES string of the molecule is O=C(Nc1cncc(-c2ccc3[nH]nc(-c4cc5c(N6CCCCC6)nccc5[nH]4)c3n2)c1)C1CC1. The molecule has 1 aliphatic heterocycles. The summed E-state index contributed by atoms with van der Waals surface area (Å²) < 4.78 is 0. The van der Waals surface area contributed by atoms with Crippen LogP contribution in [0.15, 0.2) is 48.9 Å². The van der Waals surface area contributed by atoms with Crippen molar-refractivity contribution in [3.05, 3.63) is 48.9 Å². The van der Waals surface area contributed by atoms with Gasteiger partial charge in [0.1, 0.15) is 17.0 Å². The first kappa shape index (κ1) is 21.0. The summed E-state index contributed by atoms with van der Waals surface area (Å²) in [6.07, 6.45) is 10.9. The monoisotopic (exact) mass is 478 g/mol. The number of aromatic amines is 2. The van der Waals surface area contributed by atoms with E-state index in [2.05, 4.69) is 36.4 Å². The van der Waals surface area contributed by atoms with Gasteiger partial charge in [-0.3, -0.25) is 14.9 Å². The average molecular weight is 479 g/mol. The number of piperidine rings is 1. The molecule has 2 fully saturated rings. The lowest BCUT2D eigenvalue weighted by Gasteiger charge is -2.28. The van der Waals surface area contributed by atoms with E-state index in [9.17, 15) is 4.79 Å². The first-order chi connectivity index (χ1) is 17.7. The van der Waals surface area contributed by atoms with Crippen molar-refractivity contribution < 1.29 is 4.79 Å². The largest absolute Gasteiger partial charge is 0.356 e. The number of hydrogen-bond donors (Lipinski definition) is 3. The van der Waals surface area contributed by atoms with Gasteiger partial charge < -0.3 is 15.2 Å². The zero-order valence-corrected chi connectivity index (χ0v) is 19.8. The number of hydrogen-bond acceptors (Lipinski definition) is 6. The van der Waals surface area contributed by atoms with Gasteiger partial charge in [-0.15, -0.1) is 0 Å². The number of nitrogens with zero attached hydrogens (tertiary/aromatic N) is 5. The van der Waals surface area contributed by atoms with Crippen LogP contribution in [0.25, 0.3) is 44.6 Å². The van der Waals surface area contributed by atoms with Gasteiger partial charge in [-0.25, -0.2) is 9.97 Å². The minimum atomic E-state index is 0.0618. The molecule has 9 nitrogen and oxygen atoms in total. The summed E-state index contributed by atoms with van der Waals surface area (Å²) >= 11 is 0. The molecule has 1 aliphatic carbocycles. The van der Waals surface area contributed by atoms with E-state index in [1.807, 2.05) is 30.5 Å². The Morgan fingerprint density at radius 3 is 2.78 bits per heavy atom. The van der Waals surface area contributed by atoms with Crippen LogP contribution in [-0.4, -0.2) is 49.1 Å². The van der Waals surface area contributed by atoms with Crippen molar-refractivity contribution in [2.75, 3.05) is 23.3 Å². The Balaban J connectivity index is 1.25. The molecule has 0 unspecified atom stereocenters. The smallest absolute Gasteiger partial charge is 0.227 e. The molecule has 5 aromatic rings. The standard InChI is InChI=1S/C27H26N8O/c36-27(16-4-5-16)30-18-12-17(14-28-15-18)20-6-7-22-24(32-20)25(34-33-22)23-13-19-21(31-23)8-9-29-26(19)35-10-2-1-3-11-35/h6-9,12-16,31H,1-5,10-11H2,(H,30,36)(H,33,34). The van der Waals surface area contributed by atoms with Gasteiger partial charge in [0.15, 0.2) is 0 Å². The van der Waals surface area contributed by atoms with E-state index < -0.39 is 0 Å². The van der Waals surface area contributed by atoms with Gasteiger partial charge in [-0.1, -0.05) is 0 Å². The van der Waals surface area contributed by atoms with Gasteiger partial charge in [0, 0.05) is 42.4 Å². The van der Waals surface area contributed by atoms with Crippen molar-refractivity contribution in [2.45, 2.75) is 32.1 Å². The maximum absolute atomic E-state index is 12.2. The third-order valence-electron chi connectivity index (χ3n) is 7.10. The normalized spacial score (nSPS) is 16.1. The molecule has 7 rings (SSSR count). The molecule has 9 heteroatoms. The number of anilines is 2. The van der Waals surface area contributed by atoms with Crippen molar-refractivity contribution in [1.29, 1.82) is 0 Å². The number of H-pyrrole nitrogens is 2. The summed E-state index contributed by atoms with van der Waals surface area (Å²) in [5.41, 5.74) is 6.63. The highest BCUT2D eigenvalue weighted by atomic mass is 16.2. The summed E-state index contributed by atoms with van der Waals surface area (Å²) in [7, 11) is 0. The Hall–Kier alpha value is -4.27. The highest BCUT2D eigenvalue weighted by Gasteiger charge is 2.29. The van der Waals surface area contributed by atoms with Crippen LogP contribution >= 0.6 is 0 Å². The van der Waals surface area contributed by atoms with Gasteiger partial charge >= 0.3 is 0 Å². The van der Waals surface area contributed by atoms with Crippen LogP contribution in [0.5, 0.6) is 0 Å². The van der Waals surface area contributed by atoms with Gasteiger partial charge in [-0.2, -0.15) is 5.10 Å². The number of amides is 1. The van der Waals surface area contributed by atoms with Crippen LogP contribution < -0.4 is 10.2 Å². The van der Waals surface area contributed by atoms with Crippen LogP contribution in [0.1, 0.15) is 32.1 Å². The highest BCUT2D eigenvalue weighted by Crippen LogP contribution is 2.34. The molecule has 0 aromatic carbocycles. The Morgan fingerprint density at radius 2 is 1.92 bits per heavy atom. The molecule has 1 saturated carbocycles. The van der Waals surface area contributed by atoms with Crippen molar-refractivity contribution in [3.8, 4) is 22.6 Å². The molecular formula is C27H26N8O. The minimum Gasteiger partial charge on any atom is -0.356 e. The number of fused-ring (bicyclic) bond motifs is 2. The maximum Gasteiger partial charge on any atom is 0.227 e. The molecule has 36 heavy (non-hydrogen) atoms. The van der Waals surface area contributed by atoms with E-state index in [0.717, 1.165) is 76.3 Å². The molecule has 180 valence electrons. The molecule has 2 aliphatic rings. The van der Waals surface area contributed by atoms with Crippen LogP contribution in [0, 0.1) is 5.92 Å². The van der Waals surface area contributed by atoms with Crippen molar-refractivity contribution >= 4 is 39.3 Å². The minimum absolute atomic E-state index is 0.0618. The molecule has 1 saturated heterocycles. The summed E-state index contributed by atoms with van der Waals surface area (Å²) in [5.74, 6) is 1.23. The second kappa shape index (κ2) is 8.44. The summed E-state index contributed by atoms with van der Waals surface area (Å²) in [4.78, 5) is 32.1. The van der Waals surface area contributed by atoms with Crippen LogP contribution in [-0.2, 0) is 4.79 Å². The molecule has 0 atom stereocenters. The summed E-state index contributed by atoms with van der Waals surface area (Å²) in [6.45, 7) is 2.08. The lowest BCUT2D eigenvalue weighted by atomic mass is 10.1. The number of aromatic nitrogens is 6. The number of carbonyl (C=O) groups excluding carboxylic acids is 1. The zero-order valence-electron chi connectivity index (χ0n) is 19.8. The summed E-state index contributed by atoms with van der Waals surface area (Å²) in [5, 5.41) is 11.8. The quantitative estimate of drug-likeness (QED) is 0.331. The zero-order chi connectivity index (χ0) is 24.1. The molecule has 3 N–H and O–H groups in total. The molecule has 0 bridgehead atoms. The molecule has 0 spiro atoms. The number of rotatable bonds is 5. The predicted molar refractivity (Wildman–Crippen MR) is 140 cm³/mol. The Kier molecular flexibility index (Phi) is 4.93. The molecule has 5 aromatic heterocycles. The lowest BCUT2D eigenvalue weighted by Crippen LogP contribution is -2.30. The van der Waals surface area contributed by atoms with E-state index in [1.54, 1.807) is 12.4 Å². The molecule has 1 amide bonds. The van der Waals surface area contributed by atoms with Crippen molar-refractivity contribution in [1.82, 2.24) is 30.1 Å². The number of pyridine rings is 3. The maximum atomic E-state index is 12.2. The van der Waals surface area contributed by atoms with Gasteiger partial charge in [-0.05, 0) is 62.4 Å².